The molecule has 1 heterocycles. The summed E-state index contributed by atoms with van der Waals surface area (Å²) in [5.41, 5.74) is 0.593. The van der Waals surface area contributed by atoms with E-state index in [1.54, 1.807) is 17.0 Å². The highest BCUT2D eigenvalue weighted by Gasteiger charge is 2.30. The number of likely N-dealkylation sites (tertiary alicyclic amines) is 1. The van der Waals surface area contributed by atoms with Crippen LogP contribution in [0.2, 0.25) is 0 Å². The molecule has 1 aliphatic heterocycles. The number of nitrogens with one attached hydrogen (secondary N) is 1. The molecule has 1 aromatic carbocycles. The Labute approximate surface area is 141 Å². The van der Waals surface area contributed by atoms with Gasteiger partial charge in [-0.3, -0.25) is 9.59 Å². The van der Waals surface area contributed by atoms with Crippen molar-refractivity contribution in [2.75, 3.05) is 18.4 Å². The number of rotatable bonds is 5. The molecule has 0 aliphatic carbocycles. The SMILES string of the molecule is CCC(C)C(=O)N1CCCC(C(=O)Nc2cccc(C(=O)O)c2)C1. The third-order valence-electron chi connectivity index (χ3n) is 4.51. The Morgan fingerprint density at radius 3 is 2.79 bits per heavy atom. The Morgan fingerprint density at radius 2 is 2.12 bits per heavy atom. The van der Waals surface area contributed by atoms with Crippen molar-refractivity contribution >= 4 is 23.5 Å². The largest absolute Gasteiger partial charge is 0.478 e. The average molecular weight is 332 g/mol. The maximum Gasteiger partial charge on any atom is 0.335 e. The van der Waals surface area contributed by atoms with Gasteiger partial charge in [-0.15, -0.1) is 0 Å². The Bertz CT molecular complexity index is 629. The maximum atomic E-state index is 12.5. The molecular formula is C18H24N2O4. The number of piperidine rings is 1. The molecule has 0 radical (unpaired) electrons. The summed E-state index contributed by atoms with van der Waals surface area (Å²) in [5.74, 6) is -1.39. The molecule has 1 aromatic rings. The molecule has 0 bridgehead atoms. The van der Waals surface area contributed by atoms with Crippen LogP contribution in [0.5, 0.6) is 0 Å². The normalized spacial score (nSPS) is 18.8. The van der Waals surface area contributed by atoms with E-state index in [2.05, 4.69) is 5.32 Å². The lowest BCUT2D eigenvalue weighted by Gasteiger charge is -2.33. The van der Waals surface area contributed by atoms with E-state index < -0.39 is 5.97 Å². The van der Waals surface area contributed by atoms with E-state index in [1.165, 1.54) is 12.1 Å². The second-order valence-corrected chi connectivity index (χ2v) is 6.31. The summed E-state index contributed by atoms with van der Waals surface area (Å²) in [5, 5.41) is 11.8. The molecule has 1 fully saturated rings. The Kier molecular flexibility index (Phi) is 5.95. The topological polar surface area (TPSA) is 86.7 Å². The lowest BCUT2D eigenvalue weighted by Crippen LogP contribution is -2.45. The number of hydrogen-bond acceptors (Lipinski definition) is 3. The van der Waals surface area contributed by atoms with E-state index >= 15 is 0 Å². The van der Waals surface area contributed by atoms with Crippen molar-refractivity contribution < 1.29 is 19.5 Å². The summed E-state index contributed by atoms with van der Waals surface area (Å²) in [7, 11) is 0. The monoisotopic (exact) mass is 332 g/mol. The van der Waals surface area contributed by atoms with Crippen LogP contribution in [0.15, 0.2) is 24.3 Å². The number of benzene rings is 1. The zero-order chi connectivity index (χ0) is 17.7. The molecular weight excluding hydrogens is 308 g/mol. The molecule has 2 atom stereocenters. The van der Waals surface area contributed by atoms with Crippen molar-refractivity contribution in [3.8, 4) is 0 Å². The van der Waals surface area contributed by atoms with Gasteiger partial charge in [-0.05, 0) is 37.5 Å². The Hall–Kier alpha value is -2.37. The summed E-state index contributed by atoms with van der Waals surface area (Å²) >= 11 is 0. The quantitative estimate of drug-likeness (QED) is 0.868. The van der Waals surface area contributed by atoms with Crippen LogP contribution >= 0.6 is 0 Å². The minimum atomic E-state index is -1.03. The van der Waals surface area contributed by atoms with E-state index in [0.717, 1.165) is 19.3 Å². The van der Waals surface area contributed by atoms with Gasteiger partial charge in [0.05, 0.1) is 11.5 Å². The molecule has 0 saturated carbocycles. The number of carboxylic acid groups (broad SMARTS) is 1. The molecule has 0 aromatic heterocycles. The highest BCUT2D eigenvalue weighted by molar-refractivity contribution is 5.95. The van der Waals surface area contributed by atoms with Gasteiger partial charge in [0.15, 0.2) is 0 Å². The molecule has 2 amide bonds. The van der Waals surface area contributed by atoms with E-state index in [1.807, 2.05) is 13.8 Å². The van der Waals surface area contributed by atoms with Gasteiger partial charge < -0.3 is 15.3 Å². The van der Waals surface area contributed by atoms with Gasteiger partial charge in [0.25, 0.3) is 0 Å². The number of carboxylic acids is 1. The summed E-state index contributed by atoms with van der Waals surface area (Å²) in [6.07, 6.45) is 2.32. The minimum absolute atomic E-state index is 0.0286. The summed E-state index contributed by atoms with van der Waals surface area (Å²) in [4.78, 5) is 37.5. The third-order valence-corrected chi connectivity index (χ3v) is 4.51. The van der Waals surface area contributed by atoms with Crippen molar-refractivity contribution in [3.05, 3.63) is 29.8 Å². The predicted octanol–water partition coefficient (Wildman–Crippen LogP) is 2.61. The fourth-order valence-corrected chi connectivity index (χ4v) is 2.85. The van der Waals surface area contributed by atoms with Crippen LogP contribution in [-0.2, 0) is 9.59 Å². The van der Waals surface area contributed by atoms with E-state index in [-0.39, 0.29) is 29.2 Å². The summed E-state index contributed by atoms with van der Waals surface area (Å²) in [6, 6.07) is 6.17. The third kappa shape index (κ3) is 4.34. The number of nitrogens with zero attached hydrogens (tertiary/aromatic N) is 1. The number of anilines is 1. The van der Waals surface area contributed by atoms with Gasteiger partial charge in [-0.1, -0.05) is 19.9 Å². The second kappa shape index (κ2) is 7.95. The predicted molar refractivity (Wildman–Crippen MR) is 90.8 cm³/mol. The van der Waals surface area contributed by atoms with Crippen LogP contribution in [0.3, 0.4) is 0 Å². The highest BCUT2D eigenvalue weighted by atomic mass is 16.4. The zero-order valence-corrected chi connectivity index (χ0v) is 14.1. The van der Waals surface area contributed by atoms with Gasteiger partial charge in [-0.2, -0.15) is 0 Å². The number of carbonyl (C=O) groups excluding carboxylic acids is 2. The van der Waals surface area contributed by atoms with Gasteiger partial charge >= 0.3 is 5.97 Å². The smallest absolute Gasteiger partial charge is 0.335 e. The van der Waals surface area contributed by atoms with Crippen LogP contribution in [0.1, 0.15) is 43.5 Å². The highest BCUT2D eigenvalue weighted by Crippen LogP contribution is 2.21. The first kappa shape index (κ1) is 18.0. The van der Waals surface area contributed by atoms with Crippen LogP contribution in [0.4, 0.5) is 5.69 Å². The molecule has 6 heteroatoms. The fraction of sp³-hybridized carbons (Fsp3) is 0.500. The van der Waals surface area contributed by atoms with Crippen molar-refractivity contribution in [2.24, 2.45) is 11.8 Å². The van der Waals surface area contributed by atoms with Crippen LogP contribution in [0, 0.1) is 11.8 Å². The Morgan fingerprint density at radius 1 is 1.38 bits per heavy atom. The molecule has 130 valence electrons. The standard InChI is InChI=1S/C18H24N2O4/c1-3-12(2)17(22)20-9-5-7-14(11-20)16(21)19-15-8-4-6-13(10-15)18(23)24/h4,6,8,10,12,14H,3,5,7,9,11H2,1-2H3,(H,19,21)(H,23,24). The molecule has 2 rings (SSSR count). The first-order valence-corrected chi connectivity index (χ1v) is 8.35. The van der Waals surface area contributed by atoms with Crippen molar-refractivity contribution in [1.29, 1.82) is 0 Å². The van der Waals surface area contributed by atoms with E-state index in [0.29, 0.717) is 18.8 Å². The van der Waals surface area contributed by atoms with Crippen LogP contribution in [-0.4, -0.2) is 40.9 Å². The molecule has 2 unspecified atom stereocenters. The van der Waals surface area contributed by atoms with Gasteiger partial charge in [0.2, 0.25) is 11.8 Å². The fourth-order valence-electron chi connectivity index (χ4n) is 2.85. The molecule has 24 heavy (non-hydrogen) atoms. The number of hydrogen-bond donors (Lipinski definition) is 2. The van der Waals surface area contributed by atoms with Crippen molar-refractivity contribution in [1.82, 2.24) is 4.90 Å². The van der Waals surface area contributed by atoms with E-state index in [9.17, 15) is 14.4 Å². The zero-order valence-electron chi connectivity index (χ0n) is 14.1. The lowest BCUT2D eigenvalue weighted by molar-refractivity contribution is -0.138. The lowest BCUT2D eigenvalue weighted by atomic mass is 9.95. The minimum Gasteiger partial charge on any atom is -0.478 e. The van der Waals surface area contributed by atoms with Gasteiger partial charge in [0, 0.05) is 24.7 Å². The van der Waals surface area contributed by atoms with Crippen molar-refractivity contribution in [3.63, 3.8) is 0 Å². The molecule has 2 N–H and O–H groups in total. The first-order valence-electron chi connectivity index (χ1n) is 8.35. The number of aromatic carboxylic acids is 1. The summed E-state index contributed by atoms with van der Waals surface area (Å²) < 4.78 is 0. The molecule has 1 saturated heterocycles. The maximum absolute atomic E-state index is 12.5. The Balaban J connectivity index is 2.00. The number of amides is 2. The number of carbonyl (C=O) groups is 3. The van der Waals surface area contributed by atoms with Gasteiger partial charge in [-0.25, -0.2) is 4.79 Å². The first-order chi connectivity index (χ1) is 11.4. The van der Waals surface area contributed by atoms with Gasteiger partial charge in [0.1, 0.15) is 0 Å². The average Bonchev–Trinajstić information content (AvgIpc) is 2.60. The summed E-state index contributed by atoms with van der Waals surface area (Å²) in [6.45, 7) is 5.00. The second-order valence-electron chi connectivity index (χ2n) is 6.31. The van der Waals surface area contributed by atoms with Crippen molar-refractivity contribution in [2.45, 2.75) is 33.1 Å². The molecule has 0 spiro atoms. The van der Waals surface area contributed by atoms with Crippen LogP contribution < -0.4 is 5.32 Å². The van der Waals surface area contributed by atoms with Crippen LogP contribution in [0.25, 0.3) is 0 Å². The molecule has 1 aliphatic rings. The van der Waals surface area contributed by atoms with E-state index in [4.69, 9.17) is 5.11 Å². The molecule has 6 nitrogen and oxygen atoms in total.